The SMILES string of the molecule is O=[S@](Cc1ccncc1)C[C@@H]1CCNC1. The van der Waals surface area contributed by atoms with Gasteiger partial charge in [-0.1, -0.05) is 0 Å². The minimum absolute atomic E-state index is 0.604. The van der Waals surface area contributed by atoms with Crippen LogP contribution in [0.4, 0.5) is 0 Å². The summed E-state index contributed by atoms with van der Waals surface area (Å²) >= 11 is 0. The van der Waals surface area contributed by atoms with Crippen LogP contribution in [-0.2, 0) is 16.6 Å². The highest BCUT2D eigenvalue weighted by Gasteiger charge is 2.17. The van der Waals surface area contributed by atoms with Crippen LogP contribution in [0.15, 0.2) is 24.5 Å². The molecule has 1 aromatic heterocycles. The van der Waals surface area contributed by atoms with Crippen LogP contribution in [0.25, 0.3) is 0 Å². The topological polar surface area (TPSA) is 42.0 Å². The molecule has 1 aliphatic heterocycles. The number of pyridine rings is 1. The van der Waals surface area contributed by atoms with E-state index in [1.807, 2.05) is 12.1 Å². The first-order valence-electron chi connectivity index (χ1n) is 5.29. The number of rotatable bonds is 4. The Morgan fingerprint density at radius 2 is 2.27 bits per heavy atom. The van der Waals surface area contributed by atoms with Crippen LogP contribution in [0.2, 0.25) is 0 Å². The Morgan fingerprint density at radius 3 is 2.93 bits per heavy atom. The van der Waals surface area contributed by atoms with Crippen LogP contribution >= 0.6 is 0 Å². The molecule has 4 heteroatoms. The van der Waals surface area contributed by atoms with Crippen molar-refractivity contribution in [2.75, 3.05) is 18.8 Å². The zero-order valence-corrected chi connectivity index (χ0v) is 9.50. The zero-order valence-electron chi connectivity index (χ0n) is 8.69. The molecular formula is C11H16N2OS. The lowest BCUT2D eigenvalue weighted by atomic mass is 10.2. The summed E-state index contributed by atoms with van der Waals surface area (Å²) in [5.74, 6) is 2.10. The second-order valence-electron chi connectivity index (χ2n) is 3.97. The van der Waals surface area contributed by atoms with E-state index in [1.54, 1.807) is 12.4 Å². The molecule has 1 N–H and O–H groups in total. The van der Waals surface area contributed by atoms with Crippen molar-refractivity contribution in [2.24, 2.45) is 5.92 Å². The van der Waals surface area contributed by atoms with Crippen molar-refractivity contribution in [3.8, 4) is 0 Å². The summed E-state index contributed by atoms with van der Waals surface area (Å²) in [5, 5.41) is 3.30. The first-order chi connectivity index (χ1) is 7.34. The third-order valence-corrected chi connectivity index (χ3v) is 4.16. The molecule has 1 fully saturated rings. The average Bonchev–Trinajstić information content (AvgIpc) is 2.71. The Bertz CT molecular complexity index is 323. The van der Waals surface area contributed by atoms with E-state index in [0.29, 0.717) is 11.7 Å². The minimum atomic E-state index is -0.729. The summed E-state index contributed by atoms with van der Waals surface area (Å²) < 4.78 is 11.8. The molecule has 1 aliphatic rings. The van der Waals surface area contributed by atoms with Gasteiger partial charge in [-0.25, -0.2) is 0 Å². The van der Waals surface area contributed by atoms with Gasteiger partial charge >= 0.3 is 0 Å². The summed E-state index contributed by atoms with van der Waals surface area (Å²) in [4.78, 5) is 3.95. The number of hydrogen-bond acceptors (Lipinski definition) is 3. The minimum Gasteiger partial charge on any atom is -0.316 e. The molecule has 0 saturated carbocycles. The number of aromatic nitrogens is 1. The van der Waals surface area contributed by atoms with E-state index in [4.69, 9.17) is 0 Å². The highest BCUT2D eigenvalue weighted by molar-refractivity contribution is 7.84. The quantitative estimate of drug-likeness (QED) is 0.827. The molecule has 0 bridgehead atoms. The molecule has 2 rings (SSSR count). The summed E-state index contributed by atoms with van der Waals surface area (Å²) in [6.07, 6.45) is 4.68. The van der Waals surface area contributed by atoms with Crippen molar-refractivity contribution in [1.82, 2.24) is 10.3 Å². The van der Waals surface area contributed by atoms with E-state index >= 15 is 0 Å². The Labute approximate surface area is 92.8 Å². The zero-order chi connectivity index (χ0) is 10.5. The highest BCUT2D eigenvalue weighted by Crippen LogP contribution is 2.11. The van der Waals surface area contributed by atoms with Crippen LogP contribution in [-0.4, -0.2) is 28.0 Å². The average molecular weight is 224 g/mol. The van der Waals surface area contributed by atoms with Gasteiger partial charge in [0, 0.05) is 34.7 Å². The smallest absolute Gasteiger partial charge is 0.0486 e. The standard InChI is InChI=1S/C11H16N2OS/c14-15(9-11-3-6-13-7-11)8-10-1-4-12-5-2-10/h1-2,4-5,11,13H,3,6-9H2/t11-,15-/m1/s1. The molecule has 0 spiro atoms. The number of hydrogen-bond donors (Lipinski definition) is 1. The Kier molecular flexibility index (Phi) is 3.86. The van der Waals surface area contributed by atoms with Gasteiger partial charge in [-0.05, 0) is 43.1 Å². The highest BCUT2D eigenvalue weighted by atomic mass is 32.2. The Morgan fingerprint density at radius 1 is 1.47 bits per heavy atom. The second-order valence-corrected chi connectivity index (χ2v) is 5.47. The van der Waals surface area contributed by atoms with Crippen molar-refractivity contribution in [3.05, 3.63) is 30.1 Å². The molecular weight excluding hydrogens is 208 g/mol. The van der Waals surface area contributed by atoms with Gasteiger partial charge in [0.1, 0.15) is 0 Å². The van der Waals surface area contributed by atoms with E-state index in [0.717, 1.165) is 24.4 Å². The predicted octanol–water partition coefficient (Wildman–Crippen LogP) is 0.940. The van der Waals surface area contributed by atoms with Crippen LogP contribution < -0.4 is 5.32 Å². The van der Waals surface area contributed by atoms with Gasteiger partial charge in [0.25, 0.3) is 0 Å². The maximum Gasteiger partial charge on any atom is 0.0486 e. The molecule has 0 aromatic carbocycles. The summed E-state index contributed by atoms with van der Waals surface area (Å²) in [6, 6.07) is 3.87. The maximum atomic E-state index is 11.8. The first-order valence-corrected chi connectivity index (χ1v) is 6.78. The first kappa shape index (κ1) is 10.8. The van der Waals surface area contributed by atoms with Crippen molar-refractivity contribution in [3.63, 3.8) is 0 Å². The Balaban J connectivity index is 1.82. The van der Waals surface area contributed by atoms with Crippen LogP contribution in [0.5, 0.6) is 0 Å². The van der Waals surface area contributed by atoms with E-state index in [2.05, 4.69) is 10.3 Å². The molecule has 0 aliphatic carbocycles. The van der Waals surface area contributed by atoms with E-state index in [1.165, 1.54) is 6.42 Å². The third kappa shape index (κ3) is 3.39. The number of nitrogens with zero attached hydrogens (tertiary/aromatic N) is 1. The molecule has 15 heavy (non-hydrogen) atoms. The predicted molar refractivity (Wildman–Crippen MR) is 61.9 cm³/mol. The molecule has 1 aromatic rings. The normalized spacial score (nSPS) is 22.8. The molecule has 82 valence electrons. The van der Waals surface area contributed by atoms with Crippen LogP contribution in [0.1, 0.15) is 12.0 Å². The van der Waals surface area contributed by atoms with Gasteiger partial charge in [0.15, 0.2) is 0 Å². The lowest BCUT2D eigenvalue weighted by Gasteiger charge is -2.07. The van der Waals surface area contributed by atoms with Gasteiger partial charge in [-0.15, -0.1) is 0 Å². The Hall–Kier alpha value is -0.740. The van der Waals surface area contributed by atoms with Crippen LogP contribution in [0.3, 0.4) is 0 Å². The van der Waals surface area contributed by atoms with Crippen molar-refractivity contribution < 1.29 is 4.21 Å². The molecule has 1 saturated heterocycles. The fraction of sp³-hybridized carbons (Fsp3) is 0.545. The van der Waals surface area contributed by atoms with E-state index in [-0.39, 0.29) is 0 Å². The fourth-order valence-corrected chi connectivity index (χ4v) is 3.34. The van der Waals surface area contributed by atoms with Crippen molar-refractivity contribution in [2.45, 2.75) is 12.2 Å². The monoisotopic (exact) mass is 224 g/mol. The van der Waals surface area contributed by atoms with E-state index < -0.39 is 10.8 Å². The van der Waals surface area contributed by atoms with Gasteiger partial charge in [0.05, 0.1) is 0 Å². The maximum absolute atomic E-state index is 11.8. The summed E-state index contributed by atoms with van der Waals surface area (Å²) in [5.41, 5.74) is 1.12. The van der Waals surface area contributed by atoms with Crippen LogP contribution in [0, 0.1) is 5.92 Å². The summed E-state index contributed by atoms with van der Waals surface area (Å²) in [7, 11) is -0.729. The third-order valence-electron chi connectivity index (χ3n) is 2.66. The molecule has 0 amide bonds. The molecule has 3 nitrogen and oxygen atoms in total. The lowest BCUT2D eigenvalue weighted by Crippen LogP contribution is -2.15. The number of nitrogens with one attached hydrogen (secondary N) is 1. The van der Waals surface area contributed by atoms with Crippen molar-refractivity contribution in [1.29, 1.82) is 0 Å². The van der Waals surface area contributed by atoms with Gasteiger partial charge < -0.3 is 5.32 Å². The largest absolute Gasteiger partial charge is 0.316 e. The molecule has 0 radical (unpaired) electrons. The van der Waals surface area contributed by atoms with Gasteiger partial charge in [-0.2, -0.15) is 0 Å². The molecule has 2 heterocycles. The molecule has 0 unspecified atom stereocenters. The fourth-order valence-electron chi connectivity index (χ4n) is 1.84. The molecule has 2 atom stereocenters. The summed E-state index contributed by atoms with van der Waals surface area (Å²) in [6.45, 7) is 2.11. The van der Waals surface area contributed by atoms with Crippen molar-refractivity contribution >= 4 is 10.8 Å². The van der Waals surface area contributed by atoms with Gasteiger partial charge in [-0.3, -0.25) is 9.19 Å². The second kappa shape index (κ2) is 5.37. The van der Waals surface area contributed by atoms with E-state index in [9.17, 15) is 4.21 Å². The lowest BCUT2D eigenvalue weighted by molar-refractivity contribution is 0.632. The van der Waals surface area contributed by atoms with Gasteiger partial charge in [0.2, 0.25) is 0 Å².